The summed E-state index contributed by atoms with van der Waals surface area (Å²) in [4.78, 5) is 27.1. The zero-order chi connectivity index (χ0) is 25.7. The zero-order valence-electron chi connectivity index (χ0n) is 22.4. The van der Waals surface area contributed by atoms with E-state index in [9.17, 15) is 14.7 Å². The first-order chi connectivity index (χ1) is 17.3. The number of unbranched alkanes of at least 4 members (excludes halogenated alkanes) is 1. The molecule has 2 fully saturated rings. The zero-order valence-corrected chi connectivity index (χ0v) is 22.4. The number of carbonyl (C=O) groups is 2. The number of rotatable bonds is 9. The Morgan fingerprint density at radius 1 is 1.14 bits per heavy atom. The molecule has 196 valence electrons. The molecular weight excluding hydrogens is 452 g/mol. The molecule has 2 bridgehead atoms. The van der Waals surface area contributed by atoms with Crippen LogP contribution in [0, 0.1) is 34.5 Å². The van der Waals surface area contributed by atoms with Crippen LogP contribution >= 0.6 is 0 Å². The van der Waals surface area contributed by atoms with Crippen LogP contribution in [0.4, 0.5) is 0 Å². The van der Waals surface area contributed by atoms with Crippen molar-refractivity contribution in [2.45, 2.75) is 91.9 Å². The van der Waals surface area contributed by atoms with Gasteiger partial charge < -0.3 is 14.6 Å². The van der Waals surface area contributed by atoms with Crippen molar-refractivity contribution in [1.82, 2.24) is 0 Å². The van der Waals surface area contributed by atoms with E-state index in [1.807, 2.05) is 0 Å². The van der Waals surface area contributed by atoms with E-state index in [1.54, 1.807) is 0 Å². The van der Waals surface area contributed by atoms with Crippen LogP contribution in [0.1, 0.15) is 91.9 Å². The lowest BCUT2D eigenvalue weighted by atomic mass is 9.38. The van der Waals surface area contributed by atoms with E-state index in [2.05, 4.69) is 45.9 Å². The molecule has 36 heavy (non-hydrogen) atoms. The molecular formula is C31H42O5. The van der Waals surface area contributed by atoms with Gasteiger partial charge in [-0.05, 0) is 87.2 Å². The van der Waals surface area contributed by atoms with Gasteiger partial charge in [0.15, 0.2) is 0 Å². The van der Waals surface area contributed by atoms with Crippen LogP contribution < -0.4 is 0 Å². The van der Waals surface area contributed by atoms with E-state index in [-0.39, 0.29) is 30.4 Å². The van der Waals surface area contributed by atoms with E-state index < -0.39 is 10.8 Å². The number of aliphatic hydroxyl groups is 1. The second-order valence-electron chi connectivity index (χ2n) is 11.9. The first-order valence-electron chi connectivity index (χ1n) is 14.3. The fourth-order valence-corrected chi connectivity index (χ4v) is 8.18. The molecule has 5 nitrogen and oxygen atoms in total. The first-order valence-corrected chi connectivity index (χ1v) is 14.3. The number of ether oxygens (including phenoxy) is 2. The van der Waals surface area contributed by atoms with Gasteiger partial charge in [0.2, 0.25) is 0 Å². The summed E-state index contributed by atoms with van der Waals surface area (Å²) in [5.74, 6) is 2.22. The van der Waals surface area contributed by atoms with E-state index >= 15 is 0 Å². The van der Waals surface area contributed by atoms with Crippen molar-refractivity contribution in [1.29, 1.82) is 0 Å². The number of hydrogen-bond acceptors (Lipinski definition) is 5. The highest BCUT2D eigenvalue weighted by Crippen LogP contribution is 2.76. The number of carbonyl (C=O) groups excluding carboxylic acids is 2. The molecule has 0 radical (unpaired) electrons. The highest BCUT2D eigenvalue weighted by molar-refractivity contribution is 6.01. The summed E-state index contributed by atoms with van der Waals surface area (Å²) < 4.78 is 12.1. The number of hydrogen-bond donors (Lipinski definition) is 1. The average molecular weight is 495 g/mol. The van der Waals surface area contributed by atoms with Crippen LogP contribution in [0.25, 0.3) is 0 Å². The highest BCUT2D eigenvalue weighted by Gasteiger charge is 2.74. The molecule has 4 aliphatic carbocycles. The molecule has 1 saturated heterocycles. The van der Waals surface area contributed by atoms with Crippen LogP contribution in [-0.4, -0.2) is 23.7 Å². The molecule has 0 unspecified atom stereocenters. The maximum atomic E-state index is 13.7. The van der Waals surface area contributed by atoms with Gasteiger partial charge in [0.1, 0.15) is 11.5 Å². The summed E-state index contributed by atoms with van der Waals surface area (Å²) in [7, 11) is 0. The number of allylic oxidation sites excluding steroid dienone is 5. The smallest absolute Gasteiger partial charge is 0.340 e. The predicted molar refractivity (Wildman–Crippen MR) is 138 cm³/mol. The molecule has 6 aliphatic rings. The Kier molecular flexibility index (Phi) is 6.82. The molecule has 1 N–H and O–H groups in total. The monoisotopic (exact) mass is 494 g/mol. The molecule has 6 rings (SSSR count). The lowest BCUT2D eigenvalue weighted by molar-refractivity contribution is -0.138. The Bertz CT molecular complexity index is 1060. The van der Waals surface area contributed by atoms with Crippen LogP contribution in [0.5, 0.6) is 0 Å². The van der Waals surface area contributed by atoms with Gasteiger partial charge in [-0.15, -0.1) is 0 Å². The van der Waals surface area contributed by atoms with Crippen LogP contribution in [-0.2, 0) is 19.1 Å². The number of aliphatic hydroxyl groups excluding tert-OH is 1. The van der Waals surface area contributed by atoms with Crippen molar-refractivity contribution in [3.05, 3.63) is 46.5 Å². The Morgan fingerprint density at radius 3 is 2.64 bits per heavy atom. The Balaban J connectivity index is 1.71. The van der Waals surface area contributed by atoms with Gasteiger partial charge in [-0.1, -0.05) is 46.6 Å². The minimum atomic E-state index is -0.697. The van der Waals surface area contributed by atoms with Gasteiger partial charge in [-0.2, -0.15) is 0 Å². The molecule has 2 heterocycles. The van der Waals surface area contributed by atoms with E-state index in [1.165, 1.54) is 0 Å². The lowest BCUT2D eigenvalue weighted by Crippen LogP contribution is -2.60. The SMILES string of the molecule is CCC/C=C1\OC(=O)C2=C1CC[C@H]1[C@@H]3C=C4C(=O)OC(=C[C@H](CC)CCC(C)C)[C@]4(CC3)[C@@]21CCO. The summed E-state index contributed by atoms with van der Waals surface area (Å²) in [5.41, 5.74) is 1.09. The molecule has 0 amide bonds. The van der Waals surface area contributed by atoms with Crippen LogP contribution in [0.15, 0.2) is 46.5 Å². The number of fused-ring (bicyclic) bond motifs is 1. The third kappa shape index (κ3) is 3.52. The number of esters is 2. The molecule has 1 saturated carbocycles. The maximum Gasteiger partial charge on any atom is 0.340 e. The summed E-state index contributed by atoms with van der Waals surface area (Å²) >= 11 is 0. The summed E-state index contributed by atoms with van der Waals surface area (Å²) in [6.07, 6.45) is 15.3. The topological polar surface area (TPSA) is 72.8 Å². The second kappa shape index (κ2) is 9.63. The summed E-state index contributed by atoms with van der Waals surface area (Å²) in [6.45, 7) is 8.75. The minimum absolute atomic E-state index is 0.0393. The van der Waals surface area contributed by atoms with Gasteiger partial charge >= 0.3 is 11.9 Å². The van der Waals surface area contributed by atoms with Gasteiger partial charge in [0.05, 0.1) is 11.0 Å². The summed E-state index contributed by atoms with van der Waals surface area (Å²) in [6, 6.07) is 0. The summed E-state index contributed by atoms with van der Waals surface area (Å²) in [5, 5.41) is 10.5. The van der Waals surface area contributed by atoms with Crippen molar-refractivity contribution in [3.8, 4) is 0 Å². The molecule has 0 aromatic heterocycles. The second-order valence-corrected chi connectivity index (χ2v) is 11.9. The maximum absolute atomic E-state index is 13.7. The van der Waals surface area contributed by atoms with Gasteiger partial charge in [-0.25, -0.2) is 9.59 Å². The van der Waals surface area contributed by atoms with Gasteiger partial charge in [-0.3, -0.25) is 0 Å². The largest absolute Gasteiger partial charge is 0.427 e. The third-order valence-electron chi connectivity index (χ3n) is 9.76. The first kappa shape index (κ1) is 25.5. The molecule has 0 aromatic carbocycles. The average Bonchev–Trinajstić information content (AvgIpc) is 3.35. The quantitative estimate of drug-likeness (QED) is 0.368. The molecule has 5 atom stereocenters. The van der Waals surface area contributed by atoms with Crippen molar-refractivity contribution in [2.24, 2.45) is 34.5 Å². The van der Waals surface area contributed by atoms with Gasteiger partial charge in [0.25, 0.3) is 0 Å². The molecule has 2 aliphatic heterocycles. The van der Waals surface area contributed by atoms with Crippen LogP contribution in [0.3, 0.4) is 0 Å². The predicted octanol–water partition coefficient (Wildman–Crippen LogP) is 6.54. The van der Waals surface area contributed by atoms with Gasteiger partial charge in [0, 0.05) is 23.2 Å². The van der Waals surface area contributed by atoms with Crippen molar-refractivity contribution in [2.75, 3.05) is 6.61 Å². The Hall–Kier alpha value is -2.14. The molecule has 1 spiro atoms. The van der Waals surface area contributed by atoms with Crippen molar-refractivity contribution >= 4 is 11.9 Å². The van der Waals surface area contributed by atoms with Crippen molar-refractivity contribution in [3.63, 3.8) is 0 Å². The Labute approximate surface area is 215 Å². The fraction of sp³-hybridized carbons (Fsp3) is 0.677. The molecule has 5 heteroatoms. The minimum Gasteiger partial charge on any atom is -0.427 e. The molecule has 0 aromatic rings. The standard InChI is InChI=1S/C31H42O5/c1-5-7-8-25-22-11-12-23-21-13-14-30(31(23,15-16-32)27(22)29(34)35-25)24(18-21)28(33)36-26(30)17-20(6-2)10-9-19(3)4/h8,17-21,23,32H,5-7,9-16H2,1-4H3/b25-8-,26-17?/t20-,21+,23+,30-,31-/m1/s1. The van der Waals surface area contributed by atoms with Crippen LogP contribution in [0.2, 0.25) is 0 Å². The van der Waals surface area contributed by atoms with Crippen molar-refractivity contribution < 1.29 is 24.2 Å². The normalized spacial score (nSPS) is 35.7. The lowest BCUT2D eigenvalue weighted by Gasteiger charge is -2.62. The fourth-order valence-electron chi connectivity index (χ4n) is 8.18. The highest BCUT2D eigenvalue weighted by atomic mass is 16.6. The number of cyclic esters (lactones) is 2. The van der Waals surface area contributed by atoms with E-state index in [0.717, 1.165) is 80.3 Å². The van der Waals surface area contributed by atoms with E-state index in [4.69, 9.17) is 9.47 Å². The Morgan fingerprint density at radius 2 is 1.94 bits per heavy atom. The van der Waals surface area contributed by atoms with E-state index in [0.29, 0.717) is 24.0 Å². The third-order valence-corrected chi connectivity index (χ3v) is 9.76.